The Labute approximate surface area is 111 Å². The van der Waals surface area contributed by atoms with E-state index in [-0.39, 0.29) is 23.6 Å². The van der Waals surface area contributed by atoms with Crippen molar-refractivity contribution in [1.82, 2.24) is 20.1 Å². The van der Waals surface area contributed by atoms with E-state index in [1.54, 1.807) is 12.0 Å². The van der Waals surface area contributed by atoms with E-state index in [0.717, 1.165) is 19.3 Å². The molecule has 2 atom stereocenters. The van der Waals surface area contributed by atoms with Gasteiger partial charge >= 0.3 is 5.69 Å². The molecule has 2 heterocycles. The molecule has 1 aliphatic rings. The molecule has 0 bridgehead atoms. The lowest BCUT2D eigenvalue weighted by molar-refractivity contribution is -0.140. The maximum absolute atomic E-state index is 12.4. The summed E-state index contributed by atoms with van der Waals surface area (Å²) in [6, 6.07) is -0.139. The molecule has 7 heteroatoms. The van der Waals surface area contributed by atoms with Crippen LogP contribution >= 0.6 is 0 Å². The van der Waals surface area contributed by atoms with Gasteiger partial charge in [-0.3, -0.25) is 9.78 Å². The van der Waals surface area contributed by atoms with Crippen LogP contribution in [0.25, 0.3) is 0 Å². The van der Waals surface area contributed by atoms with Crippen LogP contribution in [-0.2, 0) is 9.53 Å². The average molecular weight is 268 g/mol. The van der Waals surface area contributed by atoms with Gasteiger partial charge in [-0.05, 0) is 19.3 Å². The first-order valence-corrected chi connectivity index (χ1v) is 6.57. The van der Waals surface area contributed by atoms with Gasteiger partial charge in [-0.2, -0.15) is 5.10 Å². The lowest BCUT2D eigenvalue weighted by Gasteiger charge is -2.35. The summed E-state index contributed by atoms with van der Waals surface area (Å²) in [7, 11) is 1.59. The summed E-state index contributed by atoms with van der Waals surface area (Å²) in [4.78, 5) is 28.0. The van der Waals surface area contributed by atoms with E-state index in [4.69, 9.17) is 4.74 Å². The Balaban J connectivity index is 2.16. The highest BCUT2D eigenvalue weighted by molar-refractivity contribution is 5.79. The molecule has 2 N–H and O–H groups in total. The number of methoxy groups -OCH3 is 1. The Kier molecular flexibility index (Phi) is 4.36. The predicted octanol–water partition coefficient (Wildman–Crippen LogP) is 0.434. The highest BCUT2D eigenvalue weighted by atomic mass is 16.5. The Bertz CT molecular complexity index is 481. The monoisotopic (exact) mass is 268 g/mol. The van der Waals surface area contributed by atoms with Crippen molar-refractivity contribution in [3.05, 3.63) is 16.3 Å². The molecule has 0 aliphatic carbocycles. The number of piperidine rings is 1. The first kappa shape index (κ1) is 13.8. The number of aromatic amines is 2. The minimum atomic E-state index is -0.335. The Morgan fingerprint density at radius 1 is 1.58 bits per heavy atom. The first-order chi connectivity index (χ1) is 9.13. The molecule has 19 heavy (non-hydrogen) atoms. The van der Waals surface area contributed by atoms with Crippen LogP contribution in [0.4, 0.5) is 0 Å². The number of aromatic nitrogens is 3. The van der Waals surface area contributed by atoms with Crippen LogP contribution < -0.4 is 5.69 Å². The largest absolute Gasteiger partial charge is 0.384 e. The van der Waals surface area contributed by atoms with Crippen LogP contribution in [-0.4, -0.2) is 46.2 Å². The molecule has 106 valence electrons. The van der Waals surface area contributed by atoms with Gasteiger partial charge in [0.25, 0.3) is 0 Å². The molecule has 1 saturated heterocycles. The van der Waals surface area contributed by atoms with Gasteiger partial charge in [-0.15, -0.1) is 0 Å². The lowest BCUT2D eigenvalue weighted by Crippen LogP contribution is -2.42. The molecule has 2 rings (SSSR count). The van der Waals surface area contributed by atoms with E-state index >= 15 is 0 Å². The van der Waals surface area contributed by atoms with Crippen molar-refractivity contribution < 1.29 is 9.53 Å². The van der Waals surface area contributed by atoms with Crippen molar-refractivity contribution in [1.29, 1.82) is 0 Å². The molecular formula is C12H20N4O3. The highest BCUT2D eigenvalue weighted by Gasteiger charge is 2.32. The number of H-pyrrole nitrogens is 2. The molecule has 1 fully saturated rings. The predicted molar refractivity (Wildman–Crippen MR) is 68.6 cm³/mol. The Morgan fingerprint density at radius 2 is 2.37 bits per heavy atom. The van der Waals surface area contributed by atoms with Gasteiger partial charge < -0.3 is 9.64 Å². The van der Waals surface area contributed by atoms with Gasteiger partial charge in [0, 0.05) is 13.7 Å². The molecule has 1 aromatic rings. The SMILES string of the molecule is COCC(C)C(=O)N1CCCCC1c1n[nH]c(=O)[nH]1. The van der Waals surface area contributed by atoms with Gasteiger partial charge in [-0.25, -0.2) is 9.89 Å². The number of hydrogen-bond donors (Lipinski definition) is 2. The number of nitrogens with one attached hydrogen (secondary N) is 2. The zero-order valence-corrected chi connectivity index (χ0v) is 11.3. The molecule has 0 radical (unpaired) electrons. The fraction of sp³-hybridized carbons (Fsp3) is 0.750. The van der Waals surface area contributed by atoms with E-state index in [2.05, 4.69) is 15.2 Å². The summed E-state index contributed by atoms with van der Waals surface area (Å²) in [5.41, 5.74) is -0.335. The molecule has 1 aromatic heterocycles. The molecule has 7 nitrogen and oxygen atoms in total. The van der Waals surface area contributed by atoms with Gasteiger partial charge in [0.15, 0.2) is 5.82 Å². The topological polar surface area (TPSA) is 91.1 Å². The Hall–Kier alpha value is -1.63. The van der Waals surface area contributed by atoms with E-state index in [1.807, 2.05) is 6.92 Å². The molecule has 0 spiro atoms. The smallest absolute Gasteiger partial charge is 0.340 e. The van der Waals surface area contributed by atoms with Crippen molar-refractivity contribution in [3.8, 4) is 0 Å². The van der Waals surface area contributed by atoms with Crippen molar-refractivity contribution in [2.75, 3.05) is 20.3 Å². The number of rotatable bonds is 4. The van der Waals surface area contributed by atoms with Crippen LogP contribution in [0, 0.1) is 5.92 Å². The third-order valence-corrected chi connectivity index (χ3v) is 3.46. The van der Waals surface area contributed by atoms with Crippen molar-refractivity contribution in [2.24, 2.45) is 5.92 Å². The summed E-state index contributed by atoms with van der Waals surface area (Å²) in [5.74, 6) is 0.411. The summed E-state index contributed by atoms with van der Waals surface area (Å²) >= 11 is 0. The fourth-order valence-electron chi connectivity index (χ4n) is 2.53. The van der Waals surface area contributed by atoms with E-state index in [1.165, 1.54) is 0 Å². The fourth-order valence-corrected chi connectivity index (χ4v) is 2.53. The second-order valence-electron chi connectivity index (χ2n) is 4.96. The van der Waals surface area contributed by atoms with E-state index in [9.17, 15) is 9.59 Å². The second-order valence-corrected chi connectivity index (χ2v) is 4.96. The molecule has 0 saturated carbocycles. The number of hydrogen-bond acceptors (Lipinski definition) is 4. The number of nitrogens with zero attached hydrogens (tertiary/aromatic N) is 2. The molecule has 1 aliphatic heterocycles. The van der Waals surface area contributed by atoms with E-state index < -0.39 is 0 Å². The quantitative estimate of drug-likeness (QED) is 0.828. The number of amides is 1. The summed E-state index contributed by atoms with van der Waals surface area (Å²) in [5, 5.41) is 6.32. The summed E-state index contributed by atoms with van der Waals surface area (Å²) in [6.45, 7) is 2.95. The van der Waals surface area contributed by atoms with Gasteiger partial charge in [0.2, 0.25) is 5.91 Å². The number of ether oxygens (including phenoxy) is 1. The van der Waals surface area contributed by atoms with Crippen LogP contribution in [0.5, 0.6) is 0 Å². The second kappa shape index (κ2) is 6.01. The first-order valence-electron chi connectivity index (χ1n) is 6.57. The minimum absolute atomic E-state index is 0.0513. The summed E-state index contributed by atoms with van der Waals surface area (Å²) in [6.07, 6.45) is 2.84. The third-order valence-electron chi connectivity index (χ3n) is 3.46. The van der Waals surface area contributed by atoms with Crippen LogP contribution in [0.15, 0.2) is 4.79 Å². The van der Waals surface area contributed by atoms with Crippen molar-refractivity contribution in [2.45, 2.75) is 32.2 Å². The van der Waals surface area contributed by atoms with Crippen LogP contribution in [0.2, 0.25) is 0 Å². The Morgan fingerprint density at radius 3 is 3.00 bits per heavy atom. The van der Waals surface area contributed by atoms with Crippen molar-refractivity contribution in [3.63, 3.8) is 0 Å². The maximum atomic E-state index is 12.4. The number of likely N-dealkylation sites (tertiary alicyclic amines) is 1. The molecule has 0 aromatic carbocycles. The zero-order chi connectivity index (χ0) is 13.8. The van der Waals surface area contributed by atoms with Gasteiger partial charge in [0.1, 0.15) is 0 Å². The van der Waals surface area contributed by atoms with Crippen molar-refractivity contribution >= 4 is 5.91 Å². The minimum Gasteiger partial charge on any atom is -0.384 e. The zero-order valence-electron chi connectivity index (χ0n) is 11.3. The van der Waals surface area contributed by atoms with Gasteiger partial charge in [0.05, 0.1) is 18.6 Å². The van der Waals surface area contributed by atoms with Crippen LogP contribution in [0.1, 0.15) is 38.1 Å². The average Bonchev–Trinajstić information content (AvgIpc) is 2.85. The maximum Gasteiger partial charge on any atom is 0.340 e. The third kappa shape index (κ3) is 3.04. The number of carbonyl (C=O) groups is 1. The normalized spacial score (nSPS) is 21.4. The highest BCUT2D eigenvalue weighted by Crippen LogP contribution is 2.29. The lowest BCUT2D eigenvalue weighted by atomic mass is 9.99. The standard InChI is InChI=1S/C12H20N4O3/c1-8(7-19-2)11(17)16-6-4-3-5-9(16)10-13-12(18)15-14-10/h8-9H,3-7H2,1-2H3,(H2,13,14,15,18). The number of carbonyl (C=O) groups excluding carboxylic acids is 1. The van der Waals surface area contributed by atoms with Crippen LogP contribution in [0.3, 0.4) is 0 Å². The molecule has 2 unspecified atom stereocenters. The summed E-state index contributed by atoms with van der Waals surface area (Å²) < 4.78 is 5.03. The molecule has 1 amide bonds. The van der Waals surface area contributed by atoms with E-state index in [0.29, 0.717) is 19.0 Å². The molecular weight excluding hydrogens is 248 g/mol. The van der Waals surface area contributed by atoms with Gasteiger partial charge in [-0.1, -0.05) is 6.92 Å².